The van der Waals surface area contributed by atoms with Gasteiger partial charge in [0.15, 0.2) is 0 Å². The Balaban J connectivity index is 2.14. The lowest BCUT2D eigenvalue weighted by atomic mass is 10.3. The average molecular weight is 342 g/mol. The van der Waals surface area contributed by atoms with Gasteiger partial charge < -0.3 is 9.64 Å². The zero-order valence-electron chi connectivity index (χ0n) is 12.7. The maximum Gasteiger partial charge on any atom is 0.436 e. The van der Waals surface area contributed by atoms with Crippen molar-refractivity contribution in [3.05, 3.63) is 39.8 Å². The molecule has 0 radical (unpaired) electrons. The standard InChI is InChI=1S/C13H16ClN5O4/c1-3-17(8-9-22-2)13(21)23-19-12(20)18(15-16-19)11-6-4-10(14)5-7-11/h4-7H,3,8-9H2,1-2H3. The van der Waals surface area contributed by atoms with Crippen molar-refractivity contribution in [2.24, 2.45) is 0 Å². The highest BCUT2D eigenvalue weighted by Gasteiger charge is 2.18. The summed E-state index contributed by atoms with van der Waals surface area (Å²) in [5.74, 6) is 0. The fraction of sp³-hybridized carbons (Fsp3) is 0.385. The maximum absolute atomic E-state index is 12.2. The molecular weight excluding hydrogens is 326 g/mol. The monoisotopic (exact) mass is 341 g/mol. The van der Waals surface area contributed by atoms with Gasteiger partial charge in [-0.05, 0) is 46.5 Å². The number of nitrogens with zero attached hydrogens (tertiary/aromatic N) is 5. The van der Waals surface area contributed by atoms with Gasteiger partial charge in [0.1, 0.15) is 0 Å². The Hall–Kier alpha value is -2.39. The number of amides is 1. The Kier molecular flexibility index (Phi) is 5.72. The highest BCUT2D eigenvalue weighted by atomic mass is 35.5. The number of carbonyl (C=O) groups is 1. The summed E-state index contributed by atoms with van der Waals surface area (Å²) in [7, 11) is 1.53. The second-order valence-electron chi connectivity index (χ2n) is 4.45. The molecule has 124 valence electrons. The molecule has 2 rings (SSSR count). The Labute approximate surface area is 136 Å². The number of hydrogen-bond donors (Lipinski definition) is 0. The number of carbonyl (C=O) groups excluding carboxylic acids is 1. The number of halogens is 1. The molecule has 0 saturated carbocycles. The van der Waals surface area contributed by atoms with Crippen LogP contribution in [-0.2, 0) is 4.74 Å². The molecule has 0 aliphatic carbocycles. The summed E-state index contributed by atoms with van der Waals surface area (Å²) in [6.07, 6.45) is -0.713. The van der Waals surface area contributed by atoms with E-state index in [0.29, 0.717) is 35.3 Å². The van der Waals surface area contributed by atoms with Crippen LogP contribution in [0.5, 0.6) is 0 Å². The summed E-state index contributed by atoms with van der Waals surface area (Å²) in [5, 5.41) is 7.73. The van der Waals surface area contributed by atoms with E-state index >= 15 is 0 Å². The van der Waals surface area contributed by atoms with Crippen LogP contribution in [0.15, 0.2) is 29.1 Å². The van der Waals surface area contributed by atoms with E-state index in [1.54, 1.807) is 31.2 Å². The Morgan fingerprint density at radius 2 is 2.00 bits per heavy atom. The first-order valence-electron chi connectivity index (χ1n) is 6.84. The molecule has 0 atom stereocenters. The lowest BCUT2D eigenvalue weighted by Gasteiger charge is -2.18. The highest BCUT2D eigenvalue weighted by molar-refractivity contribution is 6.30. The Morgan fingerprint density at radius 1 is 1.30 bits per heavy atom. The van der Waals surface area contributed by atoms with Gasteiger partial charge in [-0.3, -0.25) is 4.84 Å². The highest BCUT2D eigenvalue weighted by Crippen LogP contribution is 2.10. The van der Waals surface area contributed by atoms with Crippen LogP contribution in [-0.4, -0.2) is 57.8 Å². The predicted octanol–water partition coefficient (Wildman–Crippen LogP) is 0.599. The van der Waals surface area contributed by atoms with E-state index in [1.165, 1.54) is 12.0 Å². The number of benzene rings is 1. The van der Waals surface area contributed by atoms with E-state index in [0.717, 1.165) is 4.68 Å². The van der Waals surface area contributed by atoms with Crippen LogP contribution in [0.2, 0.25) is 5.02 Å². The van der Waals surface area contributed by atoms with Crippen LogP contribution in [0.3, 0.4) is 0 Å². The SMILES string of the molecule is CCN(CCOC)C(=O)On1nnn(-c2ccc(Cl)cc2)c1=O. The van der Waals surface area contributed by atoms with Crippen molar-refractivity contribution >= 4 is 17.7 Å². The van der Waals surface area contributed by atoms with Crippen LogP contribution in [0, 0.1) is 0 Å². The van der Waals surface area contributed by atoms with Crippen LogP contribution in [0.4, 0.5) is 4.79 Å². The topological polar surface area (TPSA) is 91.5 Å². The van der Waals surface area contributed by atoms with Crippen molar-refractivity contribution in [2.45, 2.75) is 6.92 Å². The van der Waals surface area contributed by atoms with Crippen molar-refractivity contribution < 1.29 is 14.4 Å². The number of rotatable bonds is 6. The first kappa shape index (κ1) is 17.0. The third kappa shape index (κ3) is 4.08. The van der Waals surface area contributed by atoms with E-state index in [4.69, 9.17) is 21.2 Å². The predicted molar refractivity (Wildman–Crippen MR) is 81.7 cm³/mol. The minimum Gasteiger partial charge on any atom is -0.383 e. The molecule has 0 aliphatic heterocycles. The molecule has 0 N–H and O–H groups in total. The van der Waals surface area contributed by atoms with Crippen molar-refractivity contribution in [1.82, 2.24) is 24.9 Å². The second-order valence-corrected chi connectivity index (χ2v) is 4.89. The lowest BCUT2D eigenvalue weighted by molar-refractivity contribution is 0.0647. The van der Waals surface area contributed by atoms with E-state index in [1.807, 2.05) is 0 Å². The molecule has 1 amide bonds. The first-order valence-corrected chi connectivity index (χ1v) is 7.21. The molecule has 1 aromatic heterocycles. The van der Waals surface area contributed by atoms with Crippen LogP contribution in [0.1, 0.15) is 6.92 Å². The van der Waals surface area contributed by atoms with Gasteiger partial charge in [-0.2, -0.15) is 4.68 Å². The number of aromatic nitrogens is 4. The van der Waals surface area contributed by atoms with Crippen LogP contribution < -0.4 is 10.5 Å². The van der Waals surface area contributed by atoms with Gasteiger partial charge in [0.2, 0.25) is 0 Å². The summed E-state index contributed by atoms with van der Waals surface area (Å²) in [5.41, 5.74) is -0.253. The van der Waals surface area contributed by atoms with Gasteiger partial charge in [-0.15, -0.1) is 0 Å². The van der Waals surface area contributed by atoms with Gasteiger partial charge in [-0.25, -0.2) is 9.59 Å². The second kappa shape index (κ2) is 7.75. The minimum absolute atomic E-state index is 0.339. The van der Waals surface area contributed by atoms with Gasteiger partial charge in [0.05, 0.1) is 12.3 Å². The molecule has 0 bridgehead atoms. The van der Waals surface area contributed by atoms with Gasteiger partial charge >= 0.3 is 11.8 Å². The molecule has 0 unspecified atom stereocenters. The van der Waals surface area contributed by atoms with E-state index in [9.17, 15) is 9.59 Å². The van der Waals surface area contributed by atoms with Crippen LogP contribution >= 0.6 is 11.6 Å². The fourth-order valence-electron chi connectivity index (χ4n) is 1.75. The summed E-state index contributed by atoms with van der Waals surface area (Å²) < 4.78 is 5.90. The molecule has 1 heterocycles. The molecule has 0 saturated heterocycles. The lowest BCUT2D eigenvalue weighted by Crippen LogP contribution is -2.42. The zero-order chi connectivity index (χ0) is 16.8. The molecule has 0 fully saturated rings. The van der Waals surface area contributed by atoms with Gasteiger partial charge in [0, 0.05) is 25.2 Å². The maximum atomic E-state index is 12.2. The Bertz CT molecular complexity index is 712. The van der Waals surface area contributed by atoms with Gasteiger partial charge in [0.25, 0.3) is 0 Å². The Morgan fingerprint density at radius 3 is 2.61 bits per heavy atom. The third-order valence-corrected chi connectivity index (χ3v) is 3.25. The van der Waals surface area contributed by atoms with Gasteiger partial charge in [-0.1, -0.05) is 11.6 Å². The number of hydrogen-bond acceptors (Lipinski definition) is 6. The smallest absolute Gasteiger partial charge is 0.383 e. The number of tetrazole rings is 1. The average Bonchev–Trinajstić information content (AvgIpc) is 2.90. The largest absolute Gasteiger partial charge is 0.436 e. The molecule has 23 heavy (non-hydrogen) atoms. The zero-order valence-corrected chi connectivity index (χ0v) is 13.4. The molecular formula is C13H16ClN5O4. The van der Waals surface area contributed by atoms with E-state index < -0.39 is 11.8 Å². The third-order valence-electron chi connectivity index (χ3n) is 3.00. The molecule has 0 aliphatic rings. The minimum atomic E-state index is -0.713. The number of likely N-dealkylation sites (N-methyl/N-ethyl adjacent to an activating group) is 1. The molecule has 10 heteroatoms. The van der Waals surface area contributed by atoms with Crippen molar-refractivity contribution in [3.8, 4) is 5.69 Å². The van der Waals surface area contributed by atoms with Crippen molar-refractivity contribution in [2.75, 3.05) is 26.8 Å². The first-order chi connectivity index (χ1) is 11.1. The van der Waals surface area contributed by atoms with Crippen molar-refractivity contribution in [1.29, 1.82) is 0 Å². The van der Waals surface area contributed by atoms with E-state index in [-0.39, 0.29) is 0 Å². The summed E-state index contributed by atoms with van der Waals surface area (Å²) in [6.45, 7) is 2.88. The molecule has 1 aromatic carbocycles. The van der Waals surface area contributed by atoms with E-state index in [2.05, 4.69) is 10.4 Å². The molecule has 0 spiro atoms. The number of ether oxygens (including phenoxy) is 1. The molecule has 9 nitrogen and oxygen atoms in total. The summed E-state index contributed by atoms with van der Waals surface area (Å²) in [4.78, 5) is 31.0. The van der Waals surface area contributed by atoms with Crippen molar-refractivity contribution in [3.63, 3.8) is 0 Å². The summed E-state index contributed by atoms with van der Waals surface area (Å²) in [6, 6.07) is 6.42. The number of methoxy groups -OCH3 is 1. The fourth-order valence-corrected chi connectivity index (χ4v) is 1.87. The quantitative estimate of drug-likeness (QED) is 0.714. The van der Waals surface area contributed by atoms with Crippen LogP contribution in [0.25, 0.3) is 5.69 Å². The summed E-state index contributed by atoms with van der Waals surface area (Å²) >= 11 is 5.79. The molecule has 2 aromatic rings. The normalized spacial score (nSPS) is 10.6.